The number of rotatable bonds is 46. The Morgan fingerprint density at radius 2 is 0.851 bits per heavy atom. The van der Waals surface area contributed by atoms with E-state index in [0.29, 0.717) is 163 Å². The average molecular weight is 995 g/mol. The van der Waals surface area contributed by atoms with Crippen LogP contribution in [0, 0.1) is 10.8 Å². The van der Waals surface area contributed by atoms with Crippen LogP contribution in [-0.4, -0.2) is 226 Å². The Kier molecular flexibility index (Phi) is 37.4. The Morgan fingerprint density at radius 1 is 0.507 bits per heavy atom. The number of carbonyl (C=O) groups is 3. The molecule has 0 radical (unpaired) electrons. The van der Waals surface area contributed by atoms with Gasteiger partial charge in [-0.15, -0.1) is 0 Å². The monoisotopic (exact) mass is 995 g/mol. The lowest BCUT2D eigenvalue weighted by molar-refractivity contribution is -0.870. The summed E-state index contributed by atoms with van der Waals surface area (Å²) in [7, 11) is 1.51. The van der Waals surface area contributed by atoms with E-state index in [9.17, 15) is 23.8 Å². The lowest BCUT2D eigenvalue weighted by Gasteiger charge is -2.34. The van der Waals surface area contributed by atoms with Gasteiger partial charge in [0, 0.05) is 18.5 Å². The van der Waals surface area contributed by atoms with Crippen molar-refractivity contribution in [1.29, 1.82) is 0 Å². The van der Waals surface area contributed by atoms with Crippen molar-refractivity contribution in [2.45, 2.75) is 66.9 Å². The van der Waals surface area contributed by atoms with Gasteiger partial charge in [0.25, 0.3) is 0 Å². The van der Waals surface area contributed by atoms with E-state index in [2.05, 4.69) is 10.6 Å². The number of nitrogens with zero attached hydrogens (tertiary/aromatic N) is 1. The molecule has 398 valence electrons. The van der Waals surface area contributed by atoms with Gasteiger partial charge in [0.1, 0.15) is 25.4 Å². The highest BCUT2D eigenvalue weighted by molar-refractivity contribution is 7.47. The first-order chi connectivity index (χ1) is 31.6. The molecule has 2 atom stereocenters. The highest BCUT2D eigenvalue weighted by atomic mass is 31.2. The fraction of sp³-hybridized carbons (Fsp3) is 0.932. The number of alkyl carbamates (subject to hydrolysis) is 1. The number of carbonyl (C=O) groups excluding carboxylic acids is 3. The van der Waals surface area contributed by atoms with Crippen molar-refractivity contribution in [3.05, 3.63) is 0 Å². The molecule has 0 bridgehead atoms. The molecule has 67 heavy (non-hydrogen) atoms. The van der Waals surface area contributed by atoms with Crippen molar-refractivity contribution in [2.24, 2.45) is 10.8 Å². The lowest BCUT2D eigenvalue weighted by atomic mass is 9.72. The zero-order valence-electron chi connectivity index (χ0n) is 42.5. The van der Waals surface area contributed by atoms with Crippen LogP contribution in [0.2, 0.25) is 0 Å². The first-order valence-corrected chi connectivity index (χ1v) is 24.7. The number of hydrogen-bond acceptors (Lipinski definition) is 18. The second-order valence-corrected chi connectivity index (χ2v) is 19.5. The van der Waals surface area contributed by atoms with Gasteiger partial charge in [-0.25, -0.2) is 9.36 Å². The van der Waals surface area contributed by atoms with Crippen LogP contribution in [0.5, 0.6) is 0 Å². The van der Waals surface area contributed by atoms with Crippen LogP contribution >= 0.6 is 7.82 Å². The molecule has 0 rings (SSSR count). The normalized spacial score (nSPS) is 14.1. The molecule has 0 aliphatic heterocycles. The summed E-state index contributed by atoms with van der Waals surface area (Å²) in [5, 5.41) is 5.49. The van der Waals surface area contributed by atoms with Crippen molar-refractivity contribution in [2.75, 3.05) is 193 Å². The molecular formula is C44H89N3O19P+. The maximum absolute atomic E-state index is 13.0. The molecule has 2 amide bonds. The predicted molar refractivity (Wildman–Crippen MR) is 248 cm³/mol. The van der Waals surface area contributed by atoms with Gasteiger partial charge in [0.2, 0.25) is 5.91 Å². The summed E-state index contributed by atoms with van der Waals surface area (Å²) >= 11 is 0. The highest BCUT2D eigenvalue weighted by Crippen LogP contribution is 2.43. The van der Waals surface area contributed by atoms with Gasteiger partial charge < -0.3 is 76.9 Å². The zero-order chi connectivity index (χ0) is 50.3. The second kappa shape index (κ2) is 38.6. The van der Waals surface area contributed by atoms with Crippen molar-refractivity contribution in [3.63, 3.8) is 0 Å². The fourth-order valence-corrected chi connectivity index (χ4v) is 6.11. The van der Waals surface area contributed by atoms with Crippen LogP contribution in [0.25, 0.3) is 0 Å². The Bertz CT molecular complexity index is 1300. The molecule has 0 heterocycles. The number of nitrogens with one attached hydrogen (secondary N) is 2. The summed E-state index contributed by atoms with van der Waals surface area (Å²) in [5.74, 6) is -0.751. The van der Waals surface area contributed by atoms with Gasteiger partial charge >= 0.3 is 19.9 Å². The standard InChI is InChI=1S/C44H88N3O19P/c1-11-44(7,40(49)63-36-37-65-67(51,52)64-17-14-47(8,9)10)38-43(5,6)39(48)45-12-15-53-18-20-55-22-24-57-26-28-59-30-32-61-34-35-62-33-31-60-29-27-58-25-23-56-21-19-54-16-13-46-41(50)66-42(2,3)4/h11-38H2,1-10H3,(H2-,45,46,48,50,51,52)/p+1. The lowest BCUT2D eigenvalue weighted by Crippen LogP contribution is -2.44. The summed E-state index contributed by atoms with van der Waals surface area (Å²) in [5.41, 5.74) is -2.39. The quantitative estimate of drug-likeness (QED) is 0.0344. The summed E-state index contributed by atoms with van der Waals surface area (Å²) in [4.78, 5) is 47.4. The molecule has 0 aromatic rings. The third-order valence-corrected chi connectivity index (χ3v) is 10.1. The average Bonchev–Trinajstić information content (AvgIpc) is 3.23. The number of amides is 2. The van der Waals surface area contributed by atoms with E-state index in [4.69, 9.17) is 65.9 Å². The molecule has 23 heteroatoms. The summed E-state index contributed by atoms with van der Waals surface area (Å²) in [6.45, 7) is 21.7. The SMILES string of the molecule is CCC(C)(CC(C)(C)C(=O)NCCOCCOCCOCCOCCOCCOCCOCCOCCOCCOCCNC(=O)OC(C)(C)C)C(=O)OCCOP(=O)(O)OCC[N+](C)(C)C. The van der Waals surface area contributed by atoms with E-state index >= 15 is 0 Å². The Labute approximate surface area is 400 Å². The van der Waals surface area contributed by atoms with E-state index < -0.39 is 36.3 Å². The molecule has 0 aliphatic rings. The third-order valence-electron chi connectivity index (χ3n) is 9.10. The molecular weight excluding hydrogens is 905 g/mol. The van der Waals surface area contributed by atoms with Crippen LogP contribution in [0.4, 0.5) is 4.79 Å². The van der Waals surface area contributed by atoms with Crippen LogP contribution in [0.3, 0.4) is 0 Å². The van der Waals surface area contributed by atoms with Crippen molar-refractivity contribution in [3.8, 4) is 0 Å². The highest BCUT2D eigenvalue weighted by Gasteiger charge is 2.42. The largest absolute Gasteiger partial charge is 0.472 e. The summed E-state index contributed by atoms with van der Waals surface area (Å²) < 4.78 is 87.9. The molecule has 3 N–H and O–H groups in total. The number of likely N-dealkylation sites (N-methyl/N-ethyl adjacent to an activating group) is 1. The number of phosphoric acid groups is 1. The number of hydrogen-bond donors (Lipinski definition) is 3. The van der Waals surface area contributed by atoms with E-state index in [1.165, 1.54) is 0 Å². The molecule has 0 aromatic heterocycles. The van der Waals surface area contributed by atoms with Gasteiger partial charge in [-0.1, -0.05) is 20.8 Å². The van der Waals surface area contributed by atoms with Gasteiger partial charge in [0.15, 0.2) is 0 Å². The minimum atomic E-state index is -4.27. The smallest absolute Gasteiger partial charge is 0.463 e. The fourth-order valence-electron chi connectivity index (χ4n) is 5.42. The first kappa shape index (κ1) is 64.9. The molecule has 0 saturated carbocycles. The number of ether oxygens (including phenoxy) is 12. The van der Waals surface area contributed by atoms with Crippen molar-refractivity contribution >= 4 is 25.8 Å². The molecule has 2 unspecified atom stereocenters. The summed E-state index contributed by atoms with van der Waals surface area (Å²) in [6.07, 6.45) is 0.178. The van der Waals surface area contributed by atoms with Gasteiger partial charge in [-0.2, -0.15) is 0 Å². The van der Waals surface area contributed by atoms with Gasteiger partial charge in [0.05, 0.1) is 165 Å². The third kappa shape index (κ3) is 41.4. The topological polar surface area (TPSA) is 242 Å². The predicted octanol–water partition coefficient (Wildman–Crippen LogP) is 3.01. The van der Waals surface area contributed by atoms with Crippen LogP contribution in [-0.2, 0) is 80.0 Å². The summed E-state index contributed by atoms with van der Waals surface area (Å²) in [6, 6.07) is 0. The van der Waals surface area contributed by atoms with Crippen LogP contribution < -0.4 is 10.6 Å². The van der Waals surface area contributed by atoms with Crippen LogP contribution in [0.1, 0.15) is 61.3 Å². The van der Waals surface area contributed by atoms with E-state index in [-0.39, 0.29) is 32.1 Å². The number of phosphoric ester groups is 1. The van der Waals surface area contributed by atoms with E-state index in [1.54, 1.807) is 20.8 Å². The van der Waals surface area contributed by atoms with Crippen molar-refractivity contribution in [1.82, 2.24) is 10.6 Å². The Balaban J connectivity index is 3.61. The second-order valence-electron chi connectivity index (χ2n) is 18.1. The number of esters is 1. The minimum Gasteiger partial charge on any atom is -0.463 e. The van der Waals surface area contributed by atoms with Gasteiger partial charge in [-0.05, 0) is 40.5 Å². The molecule has 0 aliphatic carbocycles. The first-order valence-electron chi connectivity index (χ1n) is 23.2. The minimum absolute atomic E-state index is 0.0364. The maximum atomic E-state index is 13.0. The Hall–Kier alpha value is -2.12. The van der Waals surface area contributed by atoms with Crippen LogP contribution in [0.15, 0.2) is 0 Å². The molecule has 0 saturated heterocycles. The molecule has 0 spiro atoms. The van der Waals surface area contributed by atoms with Crippen molar-refractivity contribution < 1.29 is 94.2 Å². The maximum Gasteiger partial charge on any atom is 0.472 e. The van der Waals surface area contributed by atoms with E-state index in [1.807, 2.05) is 48.8 Å². The zero-order valence-corrected chi connectivity index (χ0v) is 43.4. The number of quaternary nitrogens is 1. The van der Waals surface area contributed by atoms with E-state index in [0.717, 1.165) is 0 Å². The molecule has 22 nitrogen and oxygen atoms in total. The molecule has 0 fully saturated rings. The Morgan fingerprint density at radius 3 is 1.19 bits per heavy atom. The van der Waals surface area contributed by atoms with Gasteiger partial charge in [-0.3, -0.25) is 18.6 Å². The molecule has 0 aromatic carbocycles.